The molecule has 0 bridgehead atoms. The number of rotatable bonds is 5. The maximum absolute atomic E-state index is 14.3. The van der Waals surface area contributed by atoms with Gasteiger partial charge in [0.2, 0.25) is 11.8 Å². The first-order valence-corrected chi connectivity index (χ1v) is 12.4. The highest BCUT2D eigenvalue weighted by Crippen LogP contribution is 2.44. The molecule has 0 saturated carbocycles. The molecule has 0 spiro atoms. The third-order valence-corrected chi connectivity index (χ3v) is 6.80. The van der Waals surface area contributed by atoms with Gasteiger partial charge in [0.15, 0.2) is 0 Å². The zero-order valence-corrected chi connectivity index (χ0v) is 21.0. The second-order valence-corrected chi connectivity index (χ2v) is 9.43. The van der Waals surface area contributed by atoms with Crippen molar-refractivity contribution < 1.29 is 23.2 Å². The summed E-state index contributed by atoms with van der Waals surface area (Å²) in [6.45, 7) is 1.72. The molecule has 5 rings (SSSR count). The van der Waals surface area contributed by atoms with Gasteiger partial charge in [-0.3, -0.25) is 14.4 Å². The van der Waals surface area contributed by atoms with Crippen molar-refractivity contribution in [1.82, 2.24) is 5.32 Å². The van der Waals surface area contributed by atoms with E-state index in [1.165, 1.54) is 0 Å². The molecule has 1 unspecified atom stereocenters. The third kappa shape index (κ3) is 5.01. The molecule has 1 aliphatic rings. The van der Waals surface area contributed by atoms with Gasteiger partial charge in [0.05, 0.1) is 18.0 Å². The fraction of sp³-hybridized carbons (Fsp3) is 0.129. The normalized spacial score (nSPS) is 15.1. The molecular weight excluding hydrogens is 500 g/mol. The number of fused-ring (bicyclic) bond motifs is 3. The summed E-state index contributed by atoms with van der Waals surface area (Å²) in [5.41, 5.74) is 9.65. The van der Waals surface area contributed by atoms with E-state index in [0.717, 1.165) is 28.2 Å². The minimum absolute atomic E-state index is 0.109. The summed E-state index contributed by atoms with van der Waals surface area (Å²) in [5.74, 6) is -4.11. The smallest absolute Gasteiger partial charge is 0.261 e. The highest BCUT2D eigenvalue weighted by atomic mass is 19.1. The maximum Gasteiger partial charge on any atom is 0.261 e. The van der Waals surface area contributed by atoms with Crippen LogP contribution >= 0.6 is 0 Å². The molecule has 1 heterocycles. The topological polar surface area (TPSA) is 92.5 Å². The van der Waals surface area contributed by atoms with Crippen molar-refractivity contribution in [2.45, 2.75) is 25.3 Å². The Balaban J connectivity index is 1.57. The summed E-state index contributed by atoms with van der Waals surface area (Å²) in [5, 5.41) is 2.68. The molecule has 0 saturated heterocycles. The highest BCUT2D eigenvalue weighted by molar-refractivity contribution is 6.22. The molecule has 8 heteroatoms. The second-order valence-electron chi connectivity index (χ2n) is 9.43. The van der Waals surface area contributed by atoms with E-state index in [1.54, 1.807) is 55.5 Å². The molecule has 4 aromatic carbocycles. The Morgan fingerprint density at radius 2 is 1.59 bits per heavy atom. The van der Waals surface area contributed by atoms with Gasteiger partial charge in [-0.2, -0.15) is 0 Å². The van der Waals surface area contributed by atoms with E-state index in [0.29, 0.717) is 28.6 Å². The first-order chi connectivity index (χ1) is 18.7. The molecule has 3 N–H and O–H groups in total. The number of benzene rings is 4. The number of carbonyl (C=O) groups is 3. The lowest BCUT2D eigenvalue weighted by atomic mass is 9.92. The molecule has 4 aromatic rings. The zero-order chi connectivity index (χ0) is 27.7. The van der Waals surface area contributed by atoms with Crippen molar-refractivity contribution >= 4 is 29.1 Å². The van der Waals surface area contributed by atoms with Gasteiger partial charge in [0.1, 0.15) is 17.7 Å². The minimum Gasteiger partial charge on any atom is -0.398 e. The van der Waals surface area contributed by atoms with E-state index in [4.69, 9.17) is 5.73 Å². The van der Waals surface area contributed by atoms with Crippen molar-refractivity contribution in [1.29, 1.82) is 0 Å². The van der Waals surface area contributed by atoms with Crippen molar-refractivity contribution in [2.24, 2.45) is 0 Å². The number of nitrogen functional groups attached to an aromatic ring is 1. The van der Waals surface area contributed by atoms with Gasteiger partial charge in [-0.25, -0.2) is 13.7 Å². The molecule has 3 amide bonds. The van der Waals surface area contributed by atoms with Gasteiger partial charge in [-0.15, -0.1) is 0 Å². The molecule has 39 heavy (non-hydrogen) atoms. The van der Waals surface area contributed by atoms with Crippen molar-refractivity contribution in [3.63, 3.8) is 0 Å². The summed E-state index contributed by atoms with van der Waals surface area (Å²) in [7, 11) is 0. The SMILES string of the molecule is CC1C(=O)N(C(=O)[C@@H](NC(=O)Cc2cc(F)cc(F)c2)c2ccccc2)c2cccc(N)c2-c2ccccc21. The molecule has 0 radical (unpaired) electrons. The van der Waals surface area contributed by atoms with E-state index in [1.807, 2.05) is 24.3 Å². The Hall–Kier alpha value is -4.85. The van der Waals surface area contributed by atoms with E-state index in [9.17, 15) is 23.2 Å². The molecule has 0 aliphatic carbocycles. The Bertz CT molecular complexity index is 1570. The van der Waals surface area contributed by atoms with Crippen LogP contribution < -0.4 is 16.0 Å². The van der Waals surface area contributed by atoms with Crippen LogP contribution in [0.15, 0.2) is 91.0 Å². The number of hydrogen-bond donors (Lipinski definition) is 2. The third-order valence-electron chi connectivity index (χ3n) is 6.80. The lowest BCUT2D eigenvalue weighted by Gasteiger charge is -2.28. The predicted molar refractivity (Wildman–Crippen MR) is 145 cm³/mol. The second kappa shape index (κ2) is 10.5. The molecule has 1 aliphatic heterocycles. The van der Waals surface area contributed by atoms with Crippen LogP contribution in [0.4, 0.5) is 20.2 Å². The van der Waals surface area contributed by atoms with Crippen LogP contribution in [0.3, 0.4) is 0 Å². The van der Waals surface area contributed by atoms with Crippen molar-refractivity contribution in [2.75, 3.05) is 10.6 Å². The molecule has 0 aromatic heterocycles. The number of nitrogens with two attached hydrogens (primary N) is 1. The summed E-state index contributed by atoms with van der Waals surface area (Å²) in [4.78, 5) is 42.3. The Kier molecular flexibility index (Phi) is 6.94. The fourth-order valence-electron chi connectivity index (χ4n) is 4.98. The molecule has 0 fully saturated rings. The van der Waals surface area contributed by atoms with Gasteiger partial charge in [0, 0.05) is 17.3 Å². The average molecular weight is 526 g/mol. The lowest BCUT2D eigenvalue weighted by Crippen LogP contribution is -2.47. The zero-order valence-electron chi connectivity index (χ0n) is 21.0. The van der Waals surface area contributed by atoms with Crippen LogP contribution in [0.5, 0.6) is 0 Å². The van der Waals surface area contributed by atoms with E-state index >= 15 is 0 Å². The van der Waals surface area contributed by atoms with Gasteiger partial charge in [0.25, 0.3) is 5.91 Å². The average Bonchev–Trinajstić information content (AvgIpc) is 3.00. The number of carbonyl (C=O) groups excluding carboxylic acids is 3. The molecule has 2 atom stereocenters. The summed E-state index contributed by atoms with van der Waals surface area (Å²) < 4.78 is 27.4. The van der Waals surface area contributed by atoms with Crippen LogP contribution in [0, 0.1) is 11.6 Å². The number of amides is 3. The van der Waals surface area contributed by atoms with Crippen LogP contribution in [0.25, 0.3) is 11.1 Å². The number of halogens is 2. The Morgan fingerprint density at radius 3 is 2.31 bits per heavy atom. The predicted octanol–water partition coefficient (Wildman–Crippen LogP) is 5.29. The van der Waals surface area contributed by atoms with Crippen LogP contribution in [0.1, 0.15) is 35.6 Å². The first-order valence-electron chi connectivity index (χ1n) is 12.4. The van der Waals surface area contributed by atoms with Crippen LogP contribution in [-0.4, -0.2) is 17.7 Å². The number of anilines is 2. The van der Waals surface area contributed by atoms with Gasteiger partial charge >= 0.3 is 0 Å². The van der Waals surface area contributed by atoms with Gasteiger partial charge in [-0.05, 0) is 53.4 Å². The molecule has 196 valence electrons. The van der Waals surface area contributed by atoms with Crippen molar-refractivity contribution in [3.8, 4) is 11.1 Å². The van der Waals surface area contributed by atoms with Gasteiger partial charge in [-0.1, -0.05) is 60.7 Å². The van der Waals surface area contributed by atoms with E-state index in [-0.39, 0.29) is 12.0 Å². The fourth-order valence-corrected chi connectivity index (χ4v) is 4.98. The summed E-state index contributed by atoms with van der Waals surface area (Å²) in [6.07, 6.45) is -0.370. The summed E-state index contributed by atoms with van der Waals surface area (Å²) in [6, 6.07) is 22.4. The lowest BCUT2D eigenvalue weighted by molar-refractivity contribution is -0.131. The highest BCUT2D eigenvalue weighted by Gasteiger charge is 2.39. The number of nitrogens with one attached hydrogen (secondary N) is 1. The Morgan fingerprint density at radius 1 is 0.923 bits per heavy atom. The van der Waals surface area contributed by atoms with E-state index in [2.05, 4.69) is 5.32 Å². The van der Waals surface area contributed by atoms with Crippen LogP contribution in [-0.2, 0) is 20.8 Å². The van der Waals surface area contributed by atoms with Crippen LogP contribution in [0.2, 0.25) is 0 Å². The largest absolute Gasteiger partial charge is 0.398 e. The van der Waals surface area contributed by atoms with Crippen molar-refractivity contribution in [3.05, 3.63) is 119 Å². The molecular formula is C31H25F2N3O3. The summed E-state index contributed by atoms with van der Waals surface area (Å²) >= 11 is 0. The minimum atomic E-state index is -1.26. The molecule has 6 nitrogen and oxygen atoms in total. The standard InChI is InChI=1S/C31H25F2N3O3/c1-18-23-10-5-6-11-24(23)28-25(34)12-7-13-26(28)36(30(18)38)31(39)29(20-8-3-2-4-9-20)35-27(37)16-19-14-21(32)17-22(33)15-19/h2-15,17-18,29H,16,34H2,1H3,(H,35,37)/t18?,29-/m0/s1. The first kappa shape index (κ1) is 25.8. The number of hydrogen-bond acceptors (Lipinski definition) is 4. The van der Waals surface area contributed by atoms with Gasteiger partial charge < -0.3 is 11.1 Å². The number of imide groups is 1. The monoisotopic (exact) mass is 525 g/mol. The number of nitrogens with zero attached hydrogens (tertiary/aromatic N) is 1. The maximum atomic E-state index is 14.3. The van der Waals surface area contributed by atoms with E-state index < -0.39 is 41.3 Å². The Labute approximate surface area is 224 Å². The quantitative estimate of drug-likeness (QED) is 0.346.